The van der Waals surface area contributed by atoms with Crippen LogP contribution in [0.15, 0.2) is 28.1 Å². The number of aromatic nitrogens is 1. The molecule has 0 aromatic carbocycles. The average molecular weight is 316 g/mol. The summed E-state index contributed by atoms with van der Waals surface area (Å²) in [6, 6.07) is 6.33. The minimum Gasteiger partial charge on any atom is -0.355 e. The van der Waals surface area contributed by atoms with Gasteiger partial charge in [0.1, 0.15) is 0 Å². The fraction of sp³-hybridized carbons (Fsp3) is 0.529. The van der Waals surface area contributed by atoms with Crippen molar-refractivity contribution in [1.29, 1.82) is 0 Å². The molecule has 2 aromatic heterocycles. The van der Waals surface area contributed by atoms with Gasteiger partial charge in [-0.25, -0.2) is 0 Å². The highest BCUT2D eigenvalue weighted by atomic mass is 32.1. The van der Waals surface area contributed by atoms with E-state index in [4.69, 9.17) is 4.52 Å². The van der Waals surface area contributed by atoms with E-state index in [2.05, 4.69) is 17.0 Å². The third-order valence-electron chi connectivity index (χ3n) is 4.99. The van der Waals surface area contributed by atoms with E-state index in [0.29, 0.717) is 6.04 Å². The maximum absolute atomic E-state index is 13.0. The SMILES string of the molecule is CC1CCCCN1C(=O)C1(c2cc(-c3cccs3)on2)CC1. The van der Waals surface area contributed by atoms with Gasteiger partial charge in [-0.05, 0) is 50.5 Å². The summed E-state index contributed by atoms with van der Waals surface area (Å²) in [5.74, 6) is 1.03. The predicted molar refractivity (Wildman–Crippen MR) is 85.8 cm³/mol. The third-order valence-corrected chi connectivity index (χ3v) is 5.87. The topological polar surface area (TPSA) is 46.3 Å². The van der Waals surface area contributed by atoms with E-state index in [-0.39, 0.29) is 5.91 Å². The first kappa shape index (κ1) is 14.0. The van der Waals surface area contributed by atoms with Crippen LogP contribution >= 0.6 is 11.3 Å². The summed E-state index contributed by atoms with van der Waals surface area (Å²) in [5, 5.41) is 6.25. The molecule has 1 atom stereocenters. The van der Waals surface area contributed by atoms with Crippen LogP contribution in [0.4, 0.5) is 0 Å². The lowest BCUT2D eigenvalue weighted by molar-refractivity contribution is -0.137. The quantitative estimate of drug-likeness (QED) is 0.864. The van der Waals surface area contributed by atoms with E-state index >= 15 is 0 Å². The van der Waals surface area contributed by atoms with E-state index in [1.165, 1.54) is 6.42 Å². The standard InChI is InChI=1S/C17H20N2O2S/c1-12-5-2-3-9-19(12)16(20)17(7-8-17)15-11-13(21-18-15)14-6-4-10-22-14/h4,6,10-12H,2-3,5,7-9H2,1H3. The van der Waals surface area contributed by atoms with Gasteiger partial charge in [0.05, 0.1) is 16.0 Å². The minimum atomic E-state index is -0.412. The molecule has 22 heavy (non-hydrogen) atoms. The van der Waals surface area contributed by atoms with Crippen molar-refractivity contribution in [1.82, 2.24) is 10.1 Å². The predicted octanol–water partition coefficient (Wildman–Crippen LogP) is 3.84. The summed E-state index contributed by atoms with van der Waals surface area (Å²) in [6.07, 6.45) is 5.24. The molecule has 0 N–H and O–H groups in total. The molecule has 0 bridgehead atoms. The number of thiophene rings is 1. The second kappa shape index (κ2) is 5.23. The summed E-state index contributed by atoms with van der Waals surface area (Å²) in [5.41, 5.74) is 0.406. The highest BCUT2D eigenvalue weighted by Gasteiger charge is 2.56. The van der Waals surface area contributed by atoms with E-state index < -0.39 is 5.41 Å². The molecule has 1 amide bonds. The van der Waals surface area contributed by atoms with Gasteiger partial charge >= 0.3 is 0 Å². The molecule has 2 fully saturated rings. The van der Waals surface area contributed by atoms with Gasteiger partial charge in [0.2, 0.25) is 5.91 Å². The van der Waals surface area contributed by atoms with Crippen LogP contribution in [0.25, 0.3) is 10.6 Å². The minimum absolute atomic E-state index is 0.255. The van der Waals surface area contributed by atoms with Crippen LogP contribution in [0.2, 0.25) is 0 Å². The summed E-state index contributed by atoms with van der Waals surface area (Å²) in [7, 11) is 0. The molecule has 5 heteroatoms. The molecule has 4 nitrogen and oxygen atoms in total. The highest BCUT2D eigenvalue weighted by Crippen LogP contribution is 2.50. The molecule has 3 heterocycles. The van der Waals surface area contributed by atoms with Crippen LogP contribution in [0.3, 0.4) is 0 Å². The van der Waals surface area contributed by atoms with Gasteiger partial charge < -0.3 is 9.42 Å². The van der Waals surface area contributed by atoms with Gasteiger partial charge in [0.15, 0.2) is 5.76 Å². The molecule has 0 spiro atoms. The maximum atomic E-state index is 13.0. The van der Waals surface area contributed by atoms with Crippen LogP contribution < -0.4 is 0 Å². The Hall–Kier alpha value is -1.62. The number of piperidine rings is 1. The average Bonchev–Trinajstić information content (AvgIpc) is 2.96. The maximum Gasteiger partial charge on any atom is 0.235 e. The number of amides is 1. The van der Waals surface area contributed by atoms with E-state index in [1.807, 2.05) is 23.6 Å². The van der Waals surface area contributed by atoms with Crippen molar-refractivity contribution in [2.45, 2.75) is 50.5 Å². The monoisotopic (exact) mass is 316 g/mol. The molecular weight excluding hydrogens is 296 g/mol. The van der Waals surface area contributed by atoms with Crippen LogP contribution in [-0.2, 0) is 10.2 Å². The number of hydrogen-bond donors (Lipinski definition) is 0. The molecule has 1 saturated heterocycles. The van der Waals surface area contributed by atoms with Gasteiger partial charge in [-0.15, -0.1) is 11.3 Å². The van der Waals surface area contributed by atoms with Crippen LogP contribution in [0.1, 0.15) is 44.7 Å². The van der Waals surface area contributed by atoms with Gasteiger partial charge in [0, 0.05) is 18.7 Å². The smallest absolute Gasteiger partial charge is 0.235 e. The van der Waals surface area contributed by atoms with Gasteiger partial charge in [-0.2, -0.15) is 0 Å². The van der Waals surface area contributed by atoms with Gasteiger partial charge in [-0.1, -0.05) is 11.2 Å². The van der Waals surface area contributed by atoms with E-state index in [9.17, 15) is 4.79 Å². The molecule has 2 aromatic rings. The summed E-state index contributed by atoms with van der Waals surface area (Å²) >= 11 is 1.63. The number of nitrogens with zero attached hydrogens (tertiary/aromatic N) is 2. The van der Waals surface area contributed by atoms with Crippen molar-refractivity contribution in [3.8, 4) is 10.6 Å². The molecule has 1 aliphatic carbocycles. The second-order valence-corrected chi connectivity index (χ2v) is 7.43. The molecule has 0 radical (unpaired) electrons. The van der Waals surface area contributed by atoms with Crippen molar-refractivity contribution < 1.29 is 9.32 Å². The van der Waals surface area contributed by atoms with Crippen molar-refractivity contribution in [3.05, 3.63) is 29.3 Å². The Morgan fingerprint density at radius 3 is 3.00 bits per heavy atom. The Balaban J connectivity index is 1.60. The zero-order chi connectivity index (χ0) is 15.2. The first-order valence-electron chi connectivity index (χ1n) is 8.03. The fourth-order valence-corrected chi connectivity index (χ4v) is 4.09. The lowest BCUT2D eigenvalue weighted by atomic mass is 9.96. The zero-order valence-corrected chi connectivity index (χ0v) is 13.6. The van der Waals surface area contributed by atoms with Crippen molar-refractivity contribution >= 4 is 17.2 Å². The number of likely N-dealkylation sites (tertiary alicyclic amines) is 1. The molecular formula is C17H20N2O2S. The molecule has 1 aliphatic heterocycles. The third kappa shape index (κ3) is 2.19. The molecule has 1 unspecified atom stereocenters. The van der Waals surface area contributed by atoms with Crippen molar-refractivity contribution in [3.63, 3.8) is 0 Å². The second-order valence-electron chi connectivity index (χ2n) is 6.48. The Labute approximate surface area is 134 Å². The molecule has 2 aliphatic rings. The van der Waals surface area contributed by atoms with Crippen molar-refractivity contribution in [2.24, 2.45) is 0 Å². The van der Waals surface area contributed by atoms with Crippen LogP contribution in [-0.4, -0.2) is 28.6 Å². The number of carbonyl (C=O) groups excluding carboxylic acids is 1. The number of hydrogen-bond acceptors (Lipinski definition) is 4. The van der Waals surface area contributed by atoms with Gasteiger partial charge in [0.25, 0.3) is 0 Å². The Morgan fingerprint density at radius 2 is 2.32 bits per heavy atom. The zero-order valence-electron chi connectivity index (χ0n) is 12.7. The first-order chi connectivity index (χ1) is 10.7. The lowest BCUT2D eigenvalue weighted by Gasteiger charge is -2.35. The van der Waals surface area contributed by atoms with E-state index in [0.717, 1.165) is 48.6 Å². The Bertz CT molecular complexity index is 673. The number of rotatable bonds is 3. The first-order valence-corrected chi connectivity index (χ1v) is 8.91. The summed E-state index contributed by atoms with van der Waals surface area (Å²) in [6.45, 7) is 3.05. The lowest BCUT2D eigenvalue weighted by Crippen LogP contribution is -2.47. The van der Waals surface area contributed by atoms with Crippen LogP contribution in [0.5, 0.6) is 0 Å². The largest absolute Gasteiger partial charge is 0.355 e. The number of carbonyl (C=O) groups is 1. The summed E-state index contributed by atoms with van der Waals surface area (Å²) in [4.78, 5) is 16.2. The van der Waals surface area contributed by atoms with Gasteiger partial charge in [-0.3, -0.25) is 4.79 Å². The molecule has 4 rings (SSSR count). The molecule has 116 valence electrons. The Kier molecular flexibility index (Phi) is 3.33. The Morgan fingerprint density at radius 1 is 1.45 bits per heavy atom. The summed E-state index contributed by atoms with van der Waals surface area (Å²) < 4.78 is 5.49. The fourth-order valence-electron chi connectivity index (χ4n) is 3.41. The van der Waals surface area contributed by atoms with Crippen LogP contribution in [0, 0.1) is 0 Å². The highest BCUT2D eigenvalue weighted by molar-refractivity contribution is 7.13. The van der Waals surface area contributed by atoms with E-state index in [1.54, 1.807) is 11.3 Å². The normalized spacial score (nSPS) is 23.5. The van der Waals surface area contributed by atoms with Crippen molar-refractivity contribution in [2.75, 3.05) is 6.54 Å². The molecule has 1 saturated carbocycles.